The van der Waals surface area contributed by atoms with E-state index in [9.17, 15) is 28.0 Å². The Bertz CT molecular complexity index is 976. The van der Waals surface area contributed by atoms with Crippen molar-refractivity contribution < 1.29 is 52.0 Å². The van der Waals surface area contributed by atoms with Gasteiger partial charge in [0.1, 0.15) is 23.0 Å². The average Bonchev–Trinajstić information content (AvgIpc) is 2.76. The van der Waals surface area contributed by atoms with Gasteiger partial charge in [-0.2, -0.15) is 8.78 Å². The number of carbonyl (C=O) groups is 4. The topological polar surface area (TPSA) is 125 Å². The number of ether oxygens (including phenoxy) is 4. The Kier molecular flexibility index (Phi) is 9.39. The third-order valence-electron chi connectivity index (χ3n) is 5.33. The molecule has 1 N–H and O–H groups in total. The molecule has 0 bridgehead atoms. The zero-order valence-electron chi connectivity index (χ0n) is 21.0. The molecule has 1 saturated carbocycles. The van der Waals surface area contributed by atoms with Crippen molar-refractivity contribution in [3.63, 3.8) is 0 Å². The molecule has 1 aliphatic rings. The number of hydrogen-bond donors (Lipinski definition) is 1. The van der Waals surface area contributed by atoms with Gasteiger partial charge in [0.05, 0.1) is 5.56 Å². The second-order valence-electron chi connectivity index (χ2n) is 9.94. The van der Waals surface area contributed by atoms with Crippen molar-refractivity contribution in [2.24, 2.45) is 5.92 Å². The molecule has 200 valence electrons. The lowest BCUT2D eigenvalue weighted by molar-refractivity contribution is -0.187. The van der Waals surface area contributed by atoms with Crippen molar-refractivity contribution in [1.82, 2.24) is 0 Å². The van der Waals surface area contributed by atoms with Crippen LogP contribution >= 0.6 is 0 Å². The molecule has 1 atom stereocenters. The van der Waals surface area contributed by atoms with E-state index >= 15 is 0 Å². The number of carboxylic acid groups (broad SMARTS) is 1. The highest BCUT2D eigenvalue weighted by Gasteiger charge is 2.51. The van der Waals surface area contributed by atoms with Crippen molar-refractivity contribution in [2.45, 2.75) is 90.5 Å². The maximum atomic E-state index is 14.1. The van der Waals surface area contributed by atoms with Crippen molar-refractivity contribution in [3.8, 4) is 5.75 Å². The SMILES string of the molecule is CC(C)C(OC(=O)c1ccc(OC(=O)OC(C)(C)C)c(C(=O)OC2CCCCC2)c1)C(F)(F)C(=O)O. The first kappa shape index (κ1) is 29.0. The van der Waals surface area contributed by atoms with Gasteiger partial charge in [-0.05, 0) is 70.6 Å². The first-order valence-electron chi connectivity index (χ1n) is 11.7. The number of carbonyl (C=O) groups excluding carboxylic acids is 3. The minimum atomic E-state index is -4.34. The maximum Gasteiger partial charge on any atom is 0.514 e. The van der Waals surface area contributed by atoms with Gasteiger partial charge in [-0.3, -0.25) is 0 Å². The van der Waals surface area contributed by atoms with Crippen LogP contribution in [0.1, 0.15) is 87.4 Å². The molecule has 1 aromatic rings. The lowest BCUT2D eigenvalue weighted by Crippen LogP contribution is -2.47. The number of rotatable bonds is 8. The van der Waals surface area contributed by atoms with Crippen molar-refractivity contribution in [3.05, 3.63) is 29.3 Å². The first-order valence-corrected chi connectivity index (χ1v) is 11.7. The van der Waals surface area contributed by atoms with Crippen molar-refractivity contribution >= 4 is 24.1 Å². The summed E-state index contributed by atoms with van der Waals surface area (Å²) in [5.41, 5.74) is -1.54. The highest BCUT2D eigenvalue weighted by molar-refractivity contribution is 5.98. The number of hydrogen-bond acceptors (Lipinski definition) is 8. The zero-order chi connectivity index (χ0) is 27.3. The normalized spacial score (nSPS) is 15.7. The number of carboxylic acids is 1. The standard InChI is InChI=1S/C25H32F2O9/c1-14(2)19(25(26,27)22(30)31)35-20(28)15-11-12-18(34-23(32)36-24(3,4)5)17(13-15)21(29)33-16-9-7-6-8-10-16/h11-14,16,19H,6-10H2,1-5H3,(H,30,31). The molecule has 9 nitrogen and oxygen atoms in total. The predicted molar refractivity (Wildman–Crippen MR) is 122 cm³/mol. The number of halogens is 2. The molecule has 1 fully saturated rings. The van der Waals surface area contributed by atoms with E-state index in [-0.39, 0.29) is 23.0 Å². The Balaban J connectivity index is 2.36. The van der Waals surface area contributed by atoms with Crippen LogP contribution in [0.5, 0.6) is 5.75 Å². The van der Waals surface area contributed by atoms with Crippen LogP contribution in [0.3, 0.4) is 0 Å². The molecule has 0 amide bonds. The molecule has 0 radical (unpaired) electrons. The van der Waals surface area contributed by atoms with E-state index in [1.54, 1.807) is 20.8 Å². The Morgan fingerprint density at radius 1 is 1.00 bits per heavy atom. The Morgan fingerprint density at radius 3 is 2.14 bits per heavy atom. The molecule has 1 unspecified atom stereocenters. The lowest BCUT2D eigenvalue weighted by atomic mass is 9.98. The molecule has 0 saturated heterocycles. The van der Waals surface area contributed by atoms with Crippen LogP contribution in [-0.2, 0) is 19.0 Å². The number of alkyl halides is 2. The van der Waals surface area contributed by atoms with Crippen molar-refractivity contribution in [1.29, 1.82) is 0 Å². The summed E-state index contributed by atoms with van der Waals surface area (Å²) in [6.45, 7) is 7.40. The van der Waals surface area contributed by atoms with Crippen LogP contribution < -0.4 is 4.74 Å². The minimum Gasteiger partial charge on any atom is -0.477 e. The third-order valence-corrected chi connectivity index (χ3v) is 5.33. The molecule has 36 heavy (non-hydrogen) atoms. The van der Waals surface area contributed by atoms with E-state index in [0.717, 1.165) is 37.5 Å². The summed E-state index contributed by atoms with van der Waals surface area (Å²) >= 11 is 0. The average molecular weight is 515 g/mol. The second kappa shape index (κ2) is 11.7. The van der Waals surface area contributed by atoms with Crippen LogP contribution in [0.4, 0.5) is 13.6 Å². The molecule has 0 heterocycles. The Labute approximate surface area is 208 Å². The molecular formula is C25H32F2O9. The first-order chi connectivity index (χ1) is 16.6. The van der Waals surface area contributed by atoms with Gasteiger partial charge < -0.3 is 24.1 Å². The zero-order valence-corrected chi connectivity index (χ0v) is 21.0. The number of benzene rings is 1. The van der Waals surface area contributed by atoms with E-state index in [0.29, 0.717) is 12.8 Å². The highest BCUT2D eigenvalue weighted by atomic mass is 19.3. The van der Waals surface area contributed by atoms with Crippen LogP contribution in [0.25, 0.3) is 0 Å². The van der Waals surface area contributed by atoms with E-state index in [1.807, 2.05) is 0 Å². The molecule has 11 heteroatoms. The van der Waals surface area contributed by atoms with Crippen LogP contribution in [0.2, 0.25) is 0 Å². The van der Waals surface area contributed by atoms with Crippen LogP contribution in [0.15, 0.2) is 18.2 Å². The van der Waals surface area contributed by atoms with Gasteiger partial charge in [-0.15, -0.1) is 0 Å². The second-order valence-corrected chi connectivity index (χ2v) is 9.94. The number of aliphatic carboxylic acids is 1. The highest BCUT2D eigenvalue weighted by Crippen LogP contribution is 2.30. The van der Waals surface area contributed by atoms with E-state index in [1.165, 1.54) is 13.8 Å². The van der Waals surface area contributed by atoms with Crippen LogP contribution in [0, 0.1) is 5.92 Å². The van der Waals surface area contributed by atoms with Gasteiger partial charge in [0.15, 0.2) is 6.10 Å². The van der Waals surface area contributed by atoms with E-state index in [2.05, 4.69) is 0 Å². The van der Waals surface area contributed by atoms with Crippen molar-refractivity contribution in [2.75, 3.05) is 0 Å². The molecule has 2 rings (SSSR count). The molecule has 0 aliphatic heterocycles. The fourth-order valence-corrected chi connectivity index (χ4v) is 3.60. The molecule has 1 aromatic carbocycles. The van der Waals surface area contributed by atoms with E-state index in [4.69, 9.17) is 24.1 Å². The van der Waals surface area contributed by atoms with E-state index < -0.39 is 47.6 Å². The summed E-state index contributed by atoms with van der Waals surface area (Å²) in [5, 5.41) is 8.85. The fourth-order valence-electron chi connectivity index (χ4n) is 3.60. The van der Waals surface area contributed by atoms with Crippen LogP contribution in [-0.4, -0.2) is 52.9 Å². The van der Waals surface area contributed by atoms with Gasteiger partial charge in [0.2, 0.25) is 0 Å². The molecule has 1 aliphatic carbocycles. The predicted octanol–water partition coefficient (Wildman–Crippen LogP) is 5.39. The summed E-state index contributed by atoms with van der Waals surface area (Å²) in [6.07, 6.45) is 0.325. The Morgan fingerprint density at radius 2 is 1.61 bits per heavy atom. The van der Waals surface area contributed by atoms with Gasteiger partial charge in [0.25, 0.3) is 0 Å². The molecule has 0 aromatic heterocycles. The molecule has 0 spiro atoms. The third kappa shape index (κ3) is 7.89. The lowest BCUT2D eigenvalue weighted by Gasteiger charge is -2.26. The smallest absolute Gasteiger partial charge is 0.477 e. The minimum absolute atomic E-state index is 0.266. The Hall–Kier alpha value is -3.24. The largest absolute Gasteiger partial charge is 0.514 e. The maximum absolute atomic E-state index is 14.1. The monoisotopic (exact) mass is 514 g/mol. The summed E-state index contributed by atoms with van der Waals surface area (Å²) < 4.78 is 48.9. The summed E-state index contributed by atoms with van der Waals surface area (Å²) in [7, 11) is 0. The summed E-state index contributed by atoms with van der Waals surface area (Å²) in [6, 6.07) is 3.19. The summed E-state index contributed by atoms with van der Waals surface area (Å²) in [4.78, 5) is 48.8. The van der Waals surface area contributed by atoms with Gasteiger partial charge in [0, 0.05) is 0 Å². The quantitative estimate of drug-likeness (QED) is 0.276. The van der Waals surface area contributed by atoms with Gasteiger partial charge >= 0.3 is 30.0 Å². The van der Waals surface area contributed by atoms with Gasteiger partial charge in [-0.1, -0.05) is 20.3 Å². The number of esters is 2. The summed E-state index contributed by atoms with van der Waals surface area (Å²) in [5.74, 6) is -10.3. The fraction of sp³-hybridized carbons (Fsp3) is 0.600. The molecular weight excluding hydrogens is 482 g/mol. The van der Waals surface area contributed by atoms with Gasteiger partial charge in [-0.25, -0.2) is 19.2 Å².